The van der Waals surface area contributed by atoms with Gasteiger partial charge in [0.05, 0.1) is 12.1 Å². The molecule has 0 radical (unpaired) electrons. The van der Waals surface area contributed by atoms with Crippen LogP contribution in [0.1, 0.15) is 50.3 Å². The molecular weight excluding hydrogens is 465 g/mol. The zero-order valence-electron chi connectivity index (χ0n) is 19.7. The van der Waals surface area contributed by atoms with Crippen LogP contribution < -0.4 is 10.6 Å². The summed E-state index contributed by atoms with van der Waals surface area (Å²) in [6.07, 6.45) is -4.75. The van der Waals surface area contributed by atoms with Gasteiger partial charge in [0.15, 0.2) is 0 Å². The molecule has 188 valence electrons. The number of hydrogen-bond acceptors (Lipinski definition) is 3. The lowest BCUT2D eigenvalue weighted by Gasteiger charge is -2.32. The van der Waals surface area contributed by atoms with Gasteiger partial charge in [-0.1, -0.05) is 67.9 Å². The van der Waals surface area contributed by atoms with Crippen molar-refractivity contribution in [1.82, 2.24) is 10.6 Å². The Morgan fingerprint density at radius 3 is 1.94 bits per heavy atom. The number of benzene rings is 2. The Labute approximate surface area is 201 Å². The fourth-order valence-corrected chi connectivity index (χ4v) is 3.85. The van der Waals surface area contributed by atoms with Gasteiger partial charge in [-0.15, -0.1) is 0 Å². The molecule has 1 aliphatic carbocycles. The van der Waals surface area contributed by atoms with Crippen molar-refractivity contribution in [3.63, 3.8) is 0 Å². The maximum absolute atomic E-state index is 14.6. The number of nitrogens with zero attached hydrogens (tertiary/aromatic N) is 1. The highest BCUT2D eigenvalue weighted by Gasteiger charge is 2.63. The molecule has 2 atom stereocenters. The number of aryl methyl sites for hydroxylation is 1. The number of amides is 1. The number of hydrogen-bond donors (Lipinski definition) is 2. The summed E-state index contributed by atoms with van der Waals surface area (Å²) < 4.78 is 69.4. The molecule has 1 aliphatic rings. The molecule has 0 aliphatic heterocycles. The number of nitriles is 1. The Bertz CT molecular complexity index is 1070. The molecule has 2 aromatic rings. The van der Waals surface area contributed by atoms with Gasteiger partial charge in [-0.25, -0.2) is 0 Å². The molecule has 2 N–H and O–H groups in total. The first kappa shape index (κ1) is 26.6. The fraction of sp³-hybridized carbons (Fsp3) is 0.462. The molecule has 35 heavy (non-hydrogen) atoms. The van der Waals surface area contributed by atoms with Crippen LogP contribution in [0.5, 0.6) is 0 Å². The van der Waals surface area contributed by atoms with Crippen LogP contribution in [0.4, 0.5) is 22.0 Å². The molecule has 1 amide bonds. The number of nitrogens with one attached hydrogen (secondary N) is 2. The van der Waals surface area contributed by atoms with Gasteiger partial charge < -0.3 is 5.32 Å². The molecule has 1 saturated carbocycles. The topological polar surface area (TPSA) is 64.9 Å². The van der Waals surface area contributed by atoms with Gasteiger partial charge in [-0.05, 0) is 48.8 Å². The van der Waals surface area contributed by atoms with Crippen molar-refractivity contribution in [2.75, 3.05) is 0 Å². The van der Waals surface area contributed by atoms with E-state index in [1.807, 2.05) is 36.5 Å². The molecule has 9 heteroatoms. The van der Waals surface area contributed by atoms with Crippen LogP contribution >= 0.6 is 0 Å². The van der Waals surface area contributed by atoms with Gasteiger partial charge in [-0.3, -0.25) is 10.1 Å². The predicted octanol–water partition coefficient (Wildman–Crippen LogP) is 6.08. The molecule has 3 rings (SSSR count). The summed E-state index contributed by atoms with van der Waals surface area (Å²) in [5, 5.41) is 14.2. The lowest BCUT2D eigenvalue weighted by atomic mass is 9.95. The van der Waals surface area contributed by atoms with Crippen molar-refractivity contribution in [3.05, 3.63) is 59.7 Å². The van der Waals surface area contributed by atoms with Crippen LogP contribution in [0.2, 0.25) is 0 Å². The molecule has 0 bridgehead atoms. The molecule has 0 aromatic heterocycles. The molecule has 2 aromatic carbocycles. The molecule has 0 saturated heterocycles. The van der Waals surface area contributed by atoms with Crippen LogP contribution in [0.15, 0.2) is 48.5 Å². The van der Waals surface area contributed by atoms with E-state index in [-0.39, 0.29) is 17.9 Å². The molecule has 0 heterocycles. The SMILES string of the molecule is Cc1ccc(-c2ccc([C@H](NC(=O)[C@H](CC(C)C)NC3(C#N)CC3)C(F)(F)C(F)(F)F)cc2)cc1. The summed E-state index contributed by atoms with van der Waals surface area (Å²) in [7, 11) is 0. The lowest BCUT2D eigenvalue weighted by Crippen LogP contribution is -2.55. The average molecular weight is 494 g/mol. The molecular formula is C26H28F5N3O. The highest BCUT2D eigenvalue weighted by Crippen LogP contribution is 2.45. The van der Waals surface area contributed by atoms with E-state index in [0.717, 1.165) is 11.1 Å². The minimum Gasteiger partial charge on any atom is -0.342 e. The molecule has 4 nitrogen and oxygen atoms in total. The van der Waals surface area contributed by atoms with Gasteiger partial charge in [0.2, 0.25) is 5.91 Å². The first-order chi connectivity index (χ1) is 16.3. The van der Waals surface area contributed by atoms with E-state index in [2.05, 4.69) is 11.4 Å². The van der Waals surface area contributed by atoms with E-state index in [0.29, 0.717) is 18.4 Å². The summed E-state index contributed by atoms with van der Waals surface area (Å²) in [6.45, 7) is 5.49. The van der Waals surface area contributed by atoms with Crippen LogP contribution in [-0.4, -0.2) is 29.6 Å². The van der Waals surface area contributed by atoms with E-state index in [1.165, 1.54) is 24.3 Å². The average Bonchev–Trinajstić information content (AvgIpc) is 3.56. The summed E-state index contributed by atoms with van der Waals surface area (Å²) in [5.41, 5.74) is 1.11. The number of rotatable bonds is 9. The smallest absolute Gasteiger partial charge is 0.342 e. The quantitative estimate of drug-likeness (QED) is 0.417. The highest BCUT2D eigenvalue weighted by molar-refractivity contribution is 5.82. The predicted molar refractivity (Wildman–Crippen MR) is 122 cm³/mol. The standard InChI is InChI=1S/C26H28F5N3O/c1-16(2)14-21(34-24(15-32)12-13-24)23(35)33-22(25(27,28)26(29,30)31)20-10-8-19(9-11-20)18-6-4-17(3)5-7-18/h4-11,16,21-22,34H,12-14H2,1-3H3,(H,33,35)/t21-,22-/m0/s1. The highest BCUT2D eigenvalue weighted by atomic mass is 19.4. The summed E-state index contributed by atoms with van der Waals surface area (Å²) >= 11 is 0. The first-order valence-electron chi connectivity index (χ1n) is 11.4. The Balaban J connectivity index is 1.91. The number of alkyl halides is 5. The summed E-state index contributed by atoms with van der Waals surface area (Å²) in [5.74, 6) is -6.29. The zero-order valence-corrected chi connectivity index (χ0v) is 19.7. The fourth-order valence-electron chi connectivity index (χ4n) is 3.85. The van der Waals surface area contributed by atoms with Crippen LogP contribution in [0.25, 0.3) is 11.1 Å². The summed E-state index contributed by atoms with van der Waals surface area (Å²) in [4.78, 5) is 13.0. The minimum atomic E-state index is -5.88. The largest absolute Gasteiger partial charge is 0.455 e. The second-order valence-electron chi connectivity index (χ2n) is 9.57. The van der Waals surface area contributed by atoms with Crippen molar-refractivity contribution < 1.29 is 26.7 Å². The second-order valence-corrected chi connectivity index (χ2v) is 9.57. The van der Waals surface area contributed by atoms with Crippen molar-refractivity contribution in [3.8, 4) is 17.2 Å². The third-order valence-corrected chi connectivity index (χ3v) is 6.09. The van der Waals surface area contributed by atoms with Gasteiger partial charge >= 0.3 is 12.1 Å². The number of carbonyl (C=O) groups is 1. The second kappa shape index (κ2) is 9.94. The number of carbonyl (C=O) groups excluding carboxylic acids is 1. The normalized spacial score (nSPS) is 16.9. The minimum absolute atomic E-state index is 0.0666. The third kappa shape index (κ3) is 6.17. The summed E-state index contributed by atoms with van der Waals surface area (Å²) in [6, 6.07) is 10.9. The van der Waals surface area contributed by atoms with Gasteiger partial charge in [-0.2, -0.15) is 27.2 Å². The van der Waals surface area contributed by atoms with Crippen molar-refractivity contribution >= 4 is 5.91 Å². The maximum Gasteiger partial charge on any atom is 0.455 e. The van der Waals surface area contributed by atoms with E-state index in [1.54, 1.807) is 13.8 Å². The monoisotopic (exact) mass is 493 g/mol. The Kier molecular flexibility index (Phi) is 7.56. The van der Waals surface area contributed by atoms with Crippen LogP contribution in [0.3, 0.4) is 0 Å². The van der Waals surface area contributed by atoms with E-state index < -0.39 is 35.6 Å². The van der Waals surface area contributed by atoms with E-state index in [9.17, 15) is 32.0 Å². The molecule has 1 fully saturated rings. The Morgan fingerprint density at radius 1 is 1.00 bits per heavy atom. The molecule has 0 unspecified atom stereocenters. The maximum atomic E-state index is 14.6. The van der Waals surface area contributed by atoms with Gasteiger partial charge in [0, 0.05) is 0 Å². The number of halogens is 5. The third-order valence-electron chi connectivity index (χ3n) is 6.09. The molecule has 0 spiro atoms. The van der Waals surface area contributed by atoms with Gasteiger partial charge in [0.25, 0.3) is 0 Å². The van der Waals surface area contributed by atoms with Crippen LogP contribution in [-0.2, 0) is 4.79 Å². The lowest BCUT2D eigenvalue weighted by molar-refractivity contribution is -0.293. The van der Waals surface area contributed by atoms with Crippen molar-refractivity contribution in [2.24, 2.45) is 5.92 Å². The van der Waals surface area contributed by atoms with Gasteiger partial charge in [0.1, 0.15) is 11.6 Å². The van der Waals surface area contributed by atoms with E-state index in [4.69, 9.17) is 0 Å². The van der Waals surface area contributed by atoms with Crippen molar-refractivity contribution in [1.29, 1.82) is 5.26 Å². The Hall–Kier alpha value is -2.99. The van der Waals surface area contributed by atoms with E-state index >= 15 is 0 Å². The zero-order chi connectivity index (χ0) is 26.0. The van der Waals surface area contributed by atoms with Crippen molar-refractivity contribution in [2.45, 2.75) is 69.8 Å². The first-order valence-corrected chi connectivity index (χ1v) is 11.4. The van der Waals surface area contributed by atoms with Crippen LogP contribution in [0, 0.1) is 24.2 Å². The Morgan fingerprint density at radius 2 is 1.51 bits per heavy atom.